The van der Waals surface area contributed by atoms with Gasteiger partial charge in [0, 0.05) is 12.2 Å². The van der Waals surface area contributed by atoms with E-state index in [1.807, 2.05) is 44.2 Å². The lowest BCUT2D eigenvalue weighted by atomic mass is 10.1. The van der Waals surface area contributed by atoms with Crippen molar-refractivity contribution in [3.8, 4) is 0 Å². The normalized spacial score (nSPS) is 10.6. The summed E-state index contributed by atoms with van der Waals surface area (Å²) < 4.78 is 4.72. The Morgan fingerprint density at radius 3 is 2.48 bits per heavy atom. The molecule has 5 heteroatoms. The molecule has 1 N–H and O–H groups in total. The van der Waals surface area contributed by atoms with Gasteiger partial charge in [0.15, 0.2) is 0 Å². The first-order valence-electron chi connectivity index (χ1n) is 8.28. The average molecular weight is 340 g/mol. The Kier molecular flexibility index (Phi) is 6.71. The molecule has 0 spiro atoms. The van der Waals surface area contributed by atoms with E-state index in [1.165, 1.54) is 12.7 Å². The highest BCUT2D eigenvalue weighted by Crippen LogP contribution is 2.17. The molecule has 0 aliphatic heterocycles. The van der Waals surface area contributed by atoms with Crippen molar-refractivity contribution in [3.05, 3.63) is 65.2 Å². The highest BCUT2D eigenvalue weighted by molar-refractivity contribution is 5.96. The van der Waals surface area contributed by atoms with Crippen molar-refractivity contribution in [2.45, 2.75) is 20.4 Å². The van der Waals surface area contributed by atoms with E-state index in [0.717, 1.165) is 12.1 Å². The Hall–Kier alpha value is -2.66. The number of hydrogen-bond donors (Lipinski definition) is 1. The molecule has 0 fully saturated rings. The Bertz CT molecular complexity index is 729. The third-order valence-corrected chi connectivity index (χ3v) is 4.00. The maximum Gasteiger partial charge on any atom is 0.337 e. The van der Waals surface area contributed by atoms with Gasteiger partial charge in [-0.05, 0) is 36.7 Å². The summed E-state index contributed by atoms with van der Waals surface area (Å²) in [6, 6.07) is 15.2. The maximum absolute atomic E-state index is 12.4. The zero-order chi connectivity index (χ0) is 18.2. The topological polar surface area (TPSA) is 58.6 Å². The first-order valence-corrected chi connectivity index (χ1v) is 8.28. The molecule has 0 aromatic heterocycles. The molecule has 0 saturated heterocycles. The van der Waals surface area contributed by atoms with Crippen molar-refractivity contribution in [3.63, 3.8) is 0 Å². The fourth-order valence-corrected chi connectivity index (χ4v) is 2.52. The summed E-state index contributed by atoms with van der Waals surface area (Å²) >= 11 is 0. The molecule has 132 valence electrons. The van der Waals surface area contributed by atoms with Gasteiger partial charge >= 0.3 is 5.97 Å². The van der Waals surface area contributed by atoms with E-state index in [0.29, 0.717) is 17.8 Å². The monoisotopic (exact) mass is 340 g/mol. The van der Waals surface area contributed by atoms with Crippen molar-refractivity contribution in [1.82, 2.24) is 4.90 Å². The highest BCUT2D eigenvalue weighted by atomic mass is 16.5. The number of benzene rings is 2. The summed E-state index contributed by atoms with van der Waals surface area (Å²) in [5.74, 6) is -0.530. The third kappa shape index (κ3) is 5.43. The van der Waals surface area contributed by atoms with Crippen molar-refractivity contribution in [2.24, 2.45) is 0 Å². The predicted molar refractivity (Wildman–Crippen MR) is 98.5 cm³/mol. The van der Waals surface area contributed by atoms with Crippen LogP contribution in [0.2, 0.25) is 0 Å². The molecule has 0 aliphatic rings. The average Bonchev–Trinajstić information content (AvgIpc) is 2.63. The fourth-order valence-electron chi connectivity index (χ4n) is 2.52. The molecule has 0 bridgehead atoms. The standard InChI is InChI=1S/C20H24N2O3/c1-4-22(13-16-8-6-5-7-9-16)14-19(23)21-18-12-17(20(24)25-3)11-10-15(18)2/h5-12H,4,13-14H2,1-3H3,(H,21,23). The largest absolute Gasteiger partial charge is 0.465 e. The van der Waals surface area contributed by atoms with Gasteiger partial charge in [0.2, 0.25) is 5.91 Å². The van der Waals surface area contributed by atoms with E-state index in [9.17, 15) is 9.59 Å². The second kappa shape index (κ2) is 8.99. The minimum absolute atomic E-state index is 0.108. The lowest BCUT2D eigenvalue weighted by Gasteiger charge is -2.20. The van der Waals surface area contributed by atoms with Crippen LogP contribution in [0.25, 0.3) is 0 Å². The molecular weight excluding hydrogens is 316 g/mol. The molecule has 0 saturated carbocycles. The molecule has 2 aromatic rings. The lowest BCUT2D eigenvalue weighted by Crippen LogP contribution is -2.33. The number of rotatable bonds is 7. The number of anilines is 1. The van der Waals surface area contributed by atoms with E-state index in [2.05, 4.69) is 10.2 Å². The van der Waals surface area contributed by atoms with Gasteiger partial charge in [-0.2, -0.15) is 0 Å². The zero-order valence-electron chi connectivity index (χ0n) is 14.9. The maximum atomic E-state index is 12.4. The van der Waals surface area contributed by atoms with Crippen LogP contribution >= 0.6 is 0 Å². The Balaban J connectivity index is 2.02. The van der Waals surface area contributed by atoms with Gasteiger partial charge < -0.3 is 10.1 Å². The molecule has 25 heavy (non-hydrogen) atoms. The van der Waals surface area contributed by atoms with Crippen LogP contribution in [-0.2, 0) is 16.1 Å². The molecule has 0 radical (unpaired) electrons. The highest BCUT2D eigenvalue weighted by Gasteiger charge is 2.13. The molecule has 2 rings (SSSR count). The van der Waals surface area contributed by atoms with Gasteiger partial charge in [0.1, 0.15) is 0 Å². The van der Waals surface area contributed by atoms with E-state index >= 15 is 0 Å². The SMILES string of the molecule is CCN(CC(=O)Nc1cc(C(=O)OC)ccc1C)Cc1ccccc1. The molecule has 0 unspecified atom stereocenters. The first kappa shape index (κ1) is 18.7. The van der Waals surface area contributed by atoms with Gasteiger partial charge in [-0.25, -0.2) is 4.79 Å². The molecular formula is C20H24N2O3. The number of amides is 1. The van der Waals surface area contributed by atoms with E-state index in [1.54, 1.807) is 18.2 Å². The number of esters is 1. The second-order valence-corrected chi connectivity index (χ2v) is 5.86. The van der Waals surface area contributed by atoms with Gasteiger partial charge in [-0.15, -0.1) is 0 Å². The minimum Gasteiger partial charge on any atom is -0.465 e. The quantitative estimate of drug-likeness (QED) is 0.786. The summed E-state index contributed by atoms with van der Waals surface area (Å²) in [5.41, 5.74) is 3.11. The molecule has 0 heterocycles. The van der Waals surface area contributed by atoms with Crippen LogP contribution in [0.1, 0.15) is 28.4 Å². The number of hydrogen-bond acceptors (Lipinski definition) is 4. The van der Waals surface area contributed by atoms with Crippen molar-refractivity contribution in [2.75, 3.05) is 25.5 Å². The van der Waals surface area contributed by atoms with E-state index < -0.39 is 5.97 Å². The summed E-state index contributed by atoms with van der Waals surface area (Å²) in [7, 11) is 1.34. The van der Waals surface area contributed by atoms with Gasteiger partial charge in [-0.3, -0.25) is 9.69 Å². The Morgan fingerprint density at radius 1 is 1.12 bits per heavy atom. The van der Waals surface area contributed by atoms with Crippen LogP contribution < -0.4 is 5.32 Å². The smallest absolute Gasteiger partial charge is 0.337 e. The number of carbonyl (C=O) groups excluding carboxylic acids is 2. The predicted octanol–water partition coefficient (Wildman–Crippen LogP) is 3.24. The number of nitrogens with one attached hydrogen (secondary N) is 1. The lowest BCUT2D eigenvalue weighted by molar-refractivity contribution is -0.117. The Labute approximate surface area is 148 Å². The summed E-state index contributed by atoms with van der Waals surface area (Å²) in [6.45, 7) is 5.68. The number of aryl methyl sites for hydroxylation is 1. The van der Waals surface area contributed by atoms with Gasteiger partial charge in [0.05, 0.1) is 19.2 Å². The minimum atomic E-state index is -0.422. The van der Waals surface area contributed by atoms with Gasteiger partial charge in [-0.1, -0.05) is 43.3 Å². The summed E-state index contributed by atoms with van der Waals surface area (Å²) in [5, 5.41) is 2.89. The third-order valence-electron chi connectivity index (χ3n) is 4.00. The fraction of sp³-hybridized carbons (Fsp3) is 0.300. The van der Waals surface area contributed by atoms with Gasteiger partial charge in [0.25, 0.3) is 0 Å². The van der Waals surface area contributed by atoms with Crippen LogP contribution in [-0.4, -0.2) is 37.0 Å². The number of likely N-dealkylation sites (N-methyl/N-ethyl adjacent to an activating group) is 1. The number of carbonyl (C=O) groups is 2. The van der Waals surface area contributed by atoms with E-state index in [-0.39, 0.29) is 12.5 Å². The van der Waals surface area contributed by atoms with Crippen LogP contribution in [0.5, 0.6) is 0 Å². The molecule has 0 atom stereocenters. The molecule has 0 aliphatic carbocycles. The van der Waals surface area contributed by atoms with Crippen molar-refractivity contribution >= 4 is 17.6 Å². The number of methoxy groups -OCH3 is 1. The summed E-state index contributed by atoms with van der Waals surface area (Å²) in [4.78, 5) is 26.1. The Morgan fingerprint density at radius 2 is 1.84 bits per heavy atom. The van der Waals surface area contributed by atoms with Crippen LogP contribution in [0, 0.1) is 6.92 Å². The first-order chi connectivity index (χ1) is 12.0. The van der Waals surface area contributed by atoms with Crippen molar-refractivity contribution < 1.29 is 14.3 Å². The molecule has 2 aromatic carbocycles. The second-order valence-electron chi connectivity index (χ2n) is 5.86. The number of ether oxygens (including phenoxy) is 1. The summed E-state index contributed by atoms with van der Waals surface area (Å²) in [6.07, 6.45) is 0. The molecule has 1 amide bonds. The zero-order valence-corrected chi connectivity index (χ0v) is 14.9. The molecule has 5 nitrogen and oxygen atoms in total. The van der Waals surface area contributed by atoms with Crippen LogP contribution in [0.4, 0.5) is 5.69 Å². The van der Waals surface area contributed by atoms with Crippen LogP contribution in [0.3, 0.4) is 0 Å². The van der Waals surface area contributed by atoms with Crippen LogP contribution in [0.15, 0.2) is 48.5 Å². The number of nitrogens with zero attached hydrogens (tertiary/aromatic N) is 1. The van der Waals surface area contributed by atoms with E-state index in [4.69, 9.17) is 4.74 Å². The van der Waals surface area contributed by atoms with Crippen molar-refractivity contribution in [1.29, 1.82) is 0 Å².